The van der Waals surface area contributed by atoms with Crippen molar-refractivity contribution in [3.05, 3.63) is 111 Å². The van der Waals surface area contributed by atoms with Gasteiger partial charge in [-0.2, -0.15) is 0 Å². The maximum absolute atomic E-state index is 6.25. The summed E-state index contributed by atoms with van der Waals surface area (Å²) in [4.78, 5) is 9.39. The normalized spacial score (nSPS) is 12.4. The molecule has 1 aromatic heterocycles. The molecule has 0 saturated heterocycles. The summed E-state index contributed by atoms with van der Waals surface area (Å²) >= 11 is 16.0. The lowest BCUT2D eigenvalue weighted by Gasteiger charge is -2.04. The highest BCUT2D eigenvalue weighted by atomic mass is 35.5. The standard InChI is InChI=1S/C28H18Cl2N2S2/c29-24-6-3-7-25(30)23(24)15-31-20-9-11-26-27(14-20)34-28(32-26)33-16-17-8-10-22-19(12-17)13-18-4-1-2-5-21(18)22/h1-12,14-15H,13,16H2. The molecular weight excluding hydrogens is 499 g/mol. The lowest BCUT2D eigenvalue weighted by atomic mass is 10.0. The third-order valence-electron chi connectivity index (χ3n) is 5.92. The number of thioether (sulfide) groups is 1. The topological polar surface area (TPSA) is 25.2 Å². The van der Waals surface area contributed by atoms with Crippen molar-refractivity contribution in [3.63, 3.8) is 0 Å². The molecule has 6 heteroatoms. The number of benzene rings is 4. The number of hydrogen-bond acceptors (Lipinski definition) is 4. The first kappa shape index (κ1) is 21.9. The summed E-state index contributed by atoms with van der Waals surface area (Å²) in [5.41, 5.74) is 9.48. The molecule has 166 valence electrons. The largest absolute Gasteiger partial charge is 0.256 e. The van der Waals surface area contributed by atoms with Gasteiger partial charge in [0.25, 0.3) is 0 Å². The first-order valence-corrected chi connectivity index (χ1v) is 13.4. The van der Waals surface area contributed by atoms with E-state index in [1.807, 2.05) is 30.3 Å². The van der Waals surface area contributed by atoms with Gasteiger partial charge in [0.1, 0.15) is 0 Å². The molecule has 0 saturated carbocycles. The quantitative estimate of drug-likeness (QED) is 0.168. The third kappa shape index (κ3) is 4.27. The van der Waals surface area contributed by atoms with Gasteiger partial charge >= 0.3 is 0 Å². The van der Waals surface area contributed by atoms with Crippen LogP contribution >= 0.6 is 46.3 Å². The highest BCUT2D eigenvalue weighted by molar-refractivity contribution is 8.00. The van der Waals surface area contributed by atoms with E-state index in [1.165, 1.54) is 27.8 Å². The van der Waals surface area contributed by atoms with E-state index in [2.05, 4.69) is 53.5 Å². The van der Waals surface area contributed by atoms with Crippen LogP contribution in [-0.2, 0) is 12.2 Å². The van der Waals surface area contributed by atoms with Crippen LogP contribution in [-0.4, -0.2) is 11.2 Å². The van der Waals surface area contributed by atoms with Crippen LogP contribution < -0.4 is 0 Å². The van der Waals surface area contributed by atoms with Crippen LogP contribution in [0.5, 0.6) is 0 Å². The van der Waals surface area contributed by atoms with Crippen molar-refractivity contribution in [2.24, 2.45) is 4.99 Å². The first-order chi connectivity index (χ1) is 16.6. The van der Waals surface area contributed by atoms with E-state index < -0.39 is 0 Å². The summed E-state index contributed by atoms with van der Waals surface area (Å²) < 4.78 is 2.18. The third-order valence-corrected chi connectivity index (χ3v) is 8.81. The Balaban J connectivity index is 1.18. The van der Waals surface area contributed by atoms with Crippen LogP contribution in [0.1, 0.15) is 22.3 Å². The SMILES string of the molecule is Clc1cccc(Cl)c1C=Nc1ccc2nc(SCc3ccc4c(c3)Cc3ccccc3-4)sc2c1. The predicted octanol–water partition coefficient (Wildman–Crippen LogP) is 9.22. The molecule has 1 heterocycles. The van der Waals surface area contributed by atoms with Crippen molar-refractivity contribution >= 4 is 68.4 Å². The van der Waals surface area contributed by atoms with E-state index in [1.54, 1.807) is 29.3 Å². The van der Waals surface area contributed by atoms with Gasteiger partial charge in [0.15, 0.2) is 4.34 Å². The van der Waals surface area contributed by atoms with E-state index in [-0.39, 0.29) is 0 Å². The van der Waals surface area contributed by atoms with Gasteiger partial charge in [-0.15, -0.1) is 11.3 Å². The maximum atomic E-state index is 6.25. The van der Waals surface area contributed by atoms with Gasteiger partial charge in [-0.05, 0) is 64.6 Å². The molecule has 1 aliphatic carbocycles. The molecular formula is C28H18Cl2N2S2. The Morgan fingerprint density at radius 3 is 2.59 bits per heavy atom. The highest BCUT2D eigenvalue weighted by Crippen LogP contribution is 2.38. The number of nitrogens with zero attached hydrogens (tertiary/aromatic N) is 2. The fourth-order valence-corrected chi connectivity index (χ4v) is 6.78. The van der Waals surface area contributed by atoms with Crippen molar-refractivity contribution in [2.75, 3.05) is 0 Å². The first-order valence-electron chi connectivity index (χ1n) is 10.9. The fraction of sp³-hybridized carbons (Fsp3) is 0.0714. The molecule has 0 fully saturated rings. The number of thiazole rings is 1. The monoisotopic (exact) mass is 516 g/mol. The summed E-state index contributed by atoms with van der Waals surface area (Å²) in [5.74, 6) is 0.902. The highest BCUT2D eigenvalue weighted by Gasteiger charge is 2.18. The Kier molecular flexibility index (Phi) is 5.92. The molecule has 2 nitrogen and oxygen atoms in total. The van der Waals surface area contributed by atoms with Crippen molar-refractivity contribution in [1.82, 2.24) is 4.98 Å². The Labute approximate surface area is 216 Å². The number of aliphatic imine (C=N–C) groups is 1. The Morgan fingerprint density at radius 1 is 0.882 bits per heavy atom. The molecule has 34 heavy (non-hydrogen) atoms. The van der Waals surface area contributed by atoms with Crippen molar-refractivity contribution in [2.45, 2.75) is 16.5 Å². The second-order valence-corrected chi connectivity index (χ2v) is 11.2. The van der Waals surface area contributed by atoms with E-state index >= 15 is 0 Å². The van der Waals surface area contributed by atoms with E-state index in [9.17, 15) is 0 Å². The fourth-order valence-electron chi connectivity index (χ4n) is 4.24. The molecule has 0 bridgehead atoms. The van der Waals surface area contributed by atoms with Gasteiger partial charge < -0.3 is 0 Å². The van der Waals surface area contributed by atoms with Gasteiger partial charge in [-0.25, -0.2) is 4.98 Å². The molecule has 4 aromatic carbocycles. The Bertz CT molecular complexity index is 1550. The zero-order chi connectivity index (χ0) is 23.1. The van der Waals surface area contributed by atoms with E-state index in [0.717, 1.165) is 38.0 Å². The van der Waals surface area contributed by atoms with Gasteiger partial charge in [0.2, 0.25) is 0 Å². The summed E-state index contributed by atoms with van der Waals surface area (Å²) in [6, 6.07) is 27.0. The number of hydrogen-bond donors (Lipinski definition) is 0. The minimum Gasteiger partial charge on any atom is -0.256 e. The maximum Gasteiger partial charge on any atom is 0.151 e. The van der Waals surface area contributed by atoms with Crippen LogP contribution in [0.15, 0.2) is 88.2 Å². The van der Waals surface area contributed by atoms with Crippen LogP contribution in [0.25, 0.3) is 21.3 Å². The van der Waals surface area contributed by atoms with Crippen molar-refractivity contribution < 1.29 is 0 Å². The van der Waals surface area contributed by atoms with Crippen molar-refractivity contribution in [3.8, 4) is 11.1 Å². The van der Waals surface area contributed by atoms with E-state index in [4.69, 9.17) is 28.2 Å². The predicted molar refractivity (Wildman–Crippen MR) is 148 cm³/mol. The summed E-state index contributed by atoms with van der Waals surface area (Å²) in [6.07, 6.45) is 2.74. The minimum atomic E-state index is 0.587. The van der Waals surface area contributed by atoms with Crippen molar-refractivity contribution in [1.29, 1.82) is 0 Å². The zero-order valence-electron chi connectivity index (χ0n) is 18.0. The summed E-state index contributed by atoms with van der Waals surface area (Å²) in [5, 5.41) is 1.17. The van der Waals surface area contributed by atoms with Gasteiger partial charge in [0, 0.05) is 17.5 Å². The number of rotatable bonds is 5. The second kappa shape index (κ2) is 9.20. The molecule has 6 rings (SSSR count). The minimum absolute atomic E-state index is 0.587. The lowest BCUT2D eigenvalue weighted by molar-refractivity contribution is 1.24. The number of fused-ring (bicyclic) bond motifs is 4. The number of aromatic nitrogens is 1. The van der Waals surface area contributed by atoms with Gasteiger partial charge in [0.05, 0.1) is 25.9 Å². The molecule has 0 spiro atoms. The molecule has 1 aliphatic rings. The summed E-state index contributed by atoms with van der Waals surface area (Å²) in [7, 11) is 0. The van der Waals surface area contributed by atoms with Crippen LogP contribution in [0.3, 0.4) is 0 Å². The molecule has 0 radical (unpaired) electrons. The van der Waals surface area contributed by atoms with Crippen LogP contribution in [0.4, 0.5) is 5.69 Å². The van der Waals surface area contributed by atoms with Crippen LogP contribution in [0.2, 0.25) is 10.0 Å². The van der Waals surface area contributed by atoms with E-state index in [0.29, 0.717) is 10.0 Å². The Hall–Kier alpha value is -2.63. The number of halogens is 2. The Morgan fingerprint density at radius 2 is 1.71 bits per heavy atom. The molecule has 0 aliphatic heterocycles. The smallest absolute Gasteiger partial charge is 0.151 e. The van der Waals surface area contributed by atoms with Gasteiger partial charge in [-0.1, -0.05) is 83.5 Å². The molecule has 0 amide bonds. The zero-order valence-corrected chi connectivity index (χ0v) is 21.1. The molecule has 0 unspecified atom stereocenters. The molecule has 0 N–H and O–H groups in total. The second-order valence-electron chi connectivity index (χ2n) is 8.14. The molecule has 5 aromatic rings. The summed E-state index contributed by atoms with van der Waals surface area (Å²) in [6.45, 7) is 0. The molecule has 0 atom stereocenters. The van der Waals surface area contributed by atoms with Crippen LogP contribution in [0, 0.1) is 0 Å². The average molecular weight is 518 g/mol. The van der Waals surface area contributed by atoms with Gasteiger partial charge in [-0.3, -0.25) is 4.99 Å². The lowest BCUT2D eigenvalue weighted by Crippen LogP contribution is -1.85. The average Bonchev–Trinajstić information content (AvgIpc) is 3.42.